The lowest BCUT2D eigenvalue weighted by atomic mass is 10.1. The zero-order chi connectivity index (χ0) is 14.6. The van der Waals surface area contributed by atoms with E-state index in [1.165, 1.54) is 11.3 Å². The van der Waals surface area contributed by atoms with Crippen LogP contribution in [0.4, 0.5) is 5.00 Å². The van der Waals surface area contributed by atoms with E-state index in [-0.39, 0.29) is 18.4 Å². The van der Waals surface area contributed by atoms with Crippen molar-refractivity contribution in [1.82, 2.24) is 0 Å². The standard InChI is InChI=1S/C13H20N2O3S/c1-5-18-13(17)11-8(3)9(4)19-12(11)15-10(16)6-7(2)14/h7H,5-6,14H2,1-4H3,(H,15,16). The first kappa shape index (κ1) is 15.7. The number of hydrogen-bond acceptors (Lipinski definition) is 5. The van der Waals surface area contributed by atoms with Crippen LogP contribution in [0.25, 0.3) is 0 Å². The van der Waals surface area contributed by atoms with Crippen molar-refractivity contribution in [2.75, 3.05) is 11.9 Å². The molecule has 3 N–H and O–H groups in total. The van der Waals surface area contributed by atoms with E-state index in [9.17, 15) is 9.59 Å². The lowest BCUT2D eigenvalue weighted by molar-refractivity contribution is -0.116. The molecule has 0 aromatic carbocycles. The summed E-state index contributed by atoms with van der Waals surface area (Å²) in [7, 11) is 0. The first-order valence-corrected chi connectivity index (χ1v) is 7.01. The van der Waals surface area contributed by atoms with E-state index in [0.717, 1.165) is 10.4 Å². The predicted octanol–water partition coefficient (Wildman–Crippen LogP) is 2.22. The number of carbonyl (C=O) groups is 2. The van der Waals surface area contributed by atoms with E-state index < -0.39 is 5.97 Å². The van der Waals surface area contributed by atoms with Gasteiger partial charge in [-0.15, -0.1) is 11.3 Å². The molecule has 19 heavy (non-hydrogen) atoms. The molecule has 0 bridgehead atoms. The molecule has 1 aromatic rings. The van der Waals surface area contributed by atoms with Gasteiger partial charge >= 0.3 is 5.97 Å². The number of nitrogens with two attached hydrogens (primary N) is 1. The molecule has 1 aromatic heterocycles. The van der Waals surface area contributed by atoms with Gasteiger partial charge in [-0.1, -0.05) is 0 Å². The van der Waals surface area contributed by atoms with Gasteiger partial charge in [0.1, 0.15) is 5.00 Å². The van der Waals surface area contributed by atoms with Crippen LogP contribution in [0.15, 0.2) is 0 Å². The second-order valence-electron chi connectivity index (χ2n) is 4.44. The molecule has 0 aliphatic rings. The highest BCUT2D eigenvalue weighted by Gasteiger charge is 2.22. The molecule has 1 rings (SSSR count). The molecule has 1 heterocycles. The summed E-state index contributed by atoms with van der Waals surface area (Å²) in [5.74, 6) is -0.595. The summed E-state index contributed by atoms with van der Waals surface area (Å²) in [5.41, 5.74) is 6.87. The maximum atomic E-state index is 11.9. The van der Waals surface area contributed by atoms with Gasteiger partial charge in [0.25, 0.3) is 0 Å². The molecule has 0 fully saturated rings. The van der Waals surface area contributed by atoms with E-state index in [1.54, 1.807) is 13.8 Å². The Morgan fingerprint density at radius 3 is 2.58 bits per heavy atom. The monoisotopic (exact) mass is 284 g/mol. The fraction of sp³-hybridized carbons (Fsp3) is 0.538. The summed E-state index contributed by atoms with van der Waals surface area (Å²) in [4.78, 5) is 24.6. The van der Waals surface area contributed by atoms with Crippen LogP contribution in [-0.4, -0.2) is 24.5 Å². The van der Waals surface area contributed by atoms with Gasteiger partial charge in [0, 0.05) is 17.3 Å². The second-order valence-corrected chi connectivity index (χ2v) is 5.66. The Hall–Kier alpha value is -1.40. The fourth-order valence-electron chi connectivity index (χ4n) is 1.63. The average molecular weight is 284 g/mol. The van der Waals surface area contributed by atoms with Gasteiger partial charge in [-0.3, -0.25) is 4.79 Å². The summed E-state index contributed by atoms with van der Waals surface area (Å²) in [6.07, 6.45) is 0.220. The van der Waals surface area contributed by atoms with Crippen molar-refractivity contribution in [1.29, 1.82) is 0 Å². The number of rotatable bonds is 5. The zero-order valence-electron chi connectivity index (χ0n) is 11.7. The number of aryl methyl sites for hydroxylation is 1. The van der Waals surface area contributed by atoms with Gasteiger partial charge < -0.3 is 15.8 Å². The Labute approximate surface area is 117 Å². The van der Waals surface area contributed by atoms with Crippen LogP contribution < -0.4 is 11.1 Å². The van der Waals surface area contributed by atoms with Crippen molar-refractivity contribution in [2.45, 2.75) is 40.2 Å². The Kier molecular flexibility index (Phi) is 5.50. The minimum absolute atomic E-state index is 0.193. The van der Waals surface area contributed by atoms with Crippen molar-refractivity contribution in [2.24, 2.45) is 5.73 Å². The molecule has 6 heteroatoms. The minimum Gasteiger partial charge on any atom is -0.462 e. The fourth-order valence-corrected chi connectivity index (χ4v) is 2.70. The molecular weight excluding hydrogens is 264 g/mol. The topological polar surface area (TPSA) is 81.4 Å². The van der Waals surface area contributed by atoms with Crippen molar-refractivity contribution in [3.05, 3.63) is 16.0 Å². The first-order chi connectivity index (χ1) is 8.86. The number of amides is 1. The van der Waals surface area contributed by atoms with Gasteiger partial charge in [0.05, 0.1) is 12.2 Å². The highest BCUT2D eigenvalue weighted by molar-refractivity contribution is 7.16. The summed E-state index contributed by atoms with van der Waals surface area (Å²) in [5, 5.41) is 3.28. The van der Waals surface area contributed by atoms with Gasteiger partial charge in [-0.2, -0.15) is 0 Å². The number of esters is 1. The Balaban J connectivity index is 2.97. The van der Waals surface area contributed by atoms with Crippen LogP contribution in [0.5, 0.6) is 0 Å². The van der Waals surface area contributed by atoms with Crippen molar-refractivity contribution >= 4 is 28.2 Å². The van der Waals surface area contributed by atoms with Crippen LogP contribution >= 0.6 is 11.3 Å². The van der Waals surface area contributed by atoms with Crippen LogP contribution in [-0.2, 0) is 9.53 Å². The molecule has 0 spiro atoms. The molecule has 0 saturated carbocycles. The van der Waals surface area contributed by atoms with Crippen molar-refractivity contribution in [3.63, 3.8) is 0 Å². The molecule has 1 atom stereocenters. The third-order valence-corrected chi connectivity index (χ3v) is 3.75. The maximum Gasteiger partial charge on any atom is 0.341 e. The third kappa shape index (κ3) is 4.04. The lowest BCUT2D eigenvalue weighted by Crippen LogP contribution is -2.24. The predicted molar refractivity (Wildman–Crippen MR) is 76.6 cm³/mol. The van der Waals surface area contributed by atoms with Crippen LogP contribution in [0, 0.1) is 13.8 Å². The third-order valence-electron chi connectivity index (χ3n) is 2.63. The van der Waals surface area contributed by atoms with Gasteiger partial charge in [-0.05, 0) is 33.3 Å². The second kappa shape index (κ2) is 6.68. The van der Waals surface area contributed by atoms with Gasteiger partial charge in [0.15, 0.2) is 0 Å². The van der Waals surface area contributed by atoms with Crippen molar-refractivity contribution in [3.8, 4) is 0 Å². The number of thiophene rings is 1. The highest BCUT2D eigenvalue weighted by Crippen LogP contribution is 2.33. The molecule has 0 aliphatic heterocycles. The lowest BCUT2D eigenvalue weighted by Gasteiger charge is -2.08. The van der Waals surface area contributed by atoms with Crippen molar-refractivity contribution < 1.29 is 14.3 Å². The summed E-state index contributed by atoms with van der Waals surface area (Å²) in [6.45, 7) is 7.57. The number of anilines is 1. The Morgan fingerprint density at radius 2 is 2.05 bits per heavy atom. The van der Waals surface area contributed by atoms with E-state index in [1.807, 2.05) is 13.8 Å². The maximum absolute atomic E-state index is 11.9. The highest BCUT2D eigenvalue weighted by atomic mass is 32.1. The molecular formula is C13H20N2O3S. The van der Waals surface area contributed by atoms with Crippen LogP contribution in [0.2, 0.25) is 0 Å². The van der Waals surface area contributed by atoms with Crippen LogP contribution in [0.3, 0.4) is 0 Å². The largest absolute Gasteiger partial charge is 0.462 e. The van der Waals surface area contributed by atoms with Gasteiger partial charge in [-0.25, -0.2) is 4.79 Å². The van der Waals surface area contributed by atoms with E-state index >= 15 is 0 Å². The molecule has 1 unspecified atom stereocenters. The van der Waals surface area contributed by atoms with E-state index in [4.69, 9.17) is 10.5 Å². The Morgan fingerprint density at radius 1 is 1.42 bits per heavy atom. The smallest absolute Gasteiger partial charge is 0.341 e. The quantitative estimate of drug-likeness (QED) is 0.812. The zero-order valence-corrected chi connectivity index (χ0v) is 12.5. The van der Waals surface area contributed by atoms with Crippen LogP contribution in [0.1, 0.15) is 41.1 Å². The summed E-state index contributed by atoms with van der Waals surface area (Å²) < 4.78 is 5.02. The molecule has 0 saturated heterocycles. The normalized spacial score (nSPS) is 12.1. The molecule has 106 valence electrons. The average Bonchev–Trinajstić information content (AvgIpc) is 2.53. The number of hydrogen-bond donors (Lipinski definition) is 2. The Bertz CT molecular complexity index is 480. The summed E-state index contributed by atoms with van der Waals surface area (Å²) >= 11 is 1.38. The summed E-state index contributed by atoms with van der Waals surface area (Å²) in [6, 6.07) is -0.215. The minimum atomic E-state index is -0.402. The molecule has 0 aliphatic carbocycles. The van der Waals surface area contributed by atoms with E-state index in [0.29, 0.717) is 17.2 Å². The number of nitrogens with one attached hydrogen (secondary N) is 1. The molecule has 1 amide bonds. The SMILES string of the molecule is CCOC(=O)c1c(NC(=O)CC(C)N)sc(C)c1C. The number of carbonyl (C=O) groups excluding carboxylic acids is 2. The molecule has 0 radical (unpaired) electrons. The van der Waals surface area contributed by atoms with Gasteiger partial charge in [0.2, 0.25) is 5.91 Å². The molecule has 5 nitrogen and oxygen atoms in total. The number of ether oxygens (including phenoxy) is 1. The first-order valence-electron chi connectivity index (χ1n) is 6.19. The van der Waals surface area contributed by atoms with E-state index in [2.05, 4.69) is 5.32 Å².